The van der Waals surface area contributed by atoms with E-state index >= 15 is 0 Å². The van der Waals surface area contributed by atoms with Crippen LogP contribution in [0.4, 0.5) is 14.5 Å². The second kappa shape index (κ2) is 4.14. The first-order valence-corrected chi connectivity index (χ1v) is 5.10. The number of halogens is 2. The third kappa shape index (κ3) is 2.26. The van der Waals surface area contributed by atoms with Gasteiger partial charge in [-0.05, 0) is 19.1 Å². The highest BCUT2D eigenvalue weighted by molar-refractivity contribution is 5.48. The zero-order valence-electron chi connectivity index (χ0n) is 8.63. The van der Waals surface area contributed by atoms with Crippen LogP contribution in [0.3, 0.4) is 0 Å². The van der Waals surface area contributed by atoms with E-state index in [0.717, 1.165) is 25.7 Å². The molecule has 1 N–H and O–H groups in total. The number of rotatable bonds is 1. The van der Waals surface area contributed by atoms with Crippen LogP contribution in [0.2, 0.25) is 0 Å². The van der Waals surface area contributed by atoms with E-state index in [0.29, 0.717) is 11.7 Å². The molecule has 0 aromatic heterocycles. The SMILES string of the molecule is CC1CN(c2ccc(F)cc2F)CCN1. The molecule has 2 rings (SSSR count). The van der Waals surface area contributed by atoms with Crippen LogP contribution in [-0.4, -0.2) is 25.7 Å². The summed E-state index contributed by atoms with van der Waals surface area (Å²) in [5, 5.41) is 3.27. The van der Waals surface area contributed by atoms with Gasteiger partial charge in [0.15, 0.2) is 0 Å². The lowest BCUT2D eigenvalue weighted by Gasteiger charge is -2.33. The Labute approximate surface area is 87.9 Å². The molecule has 0 amide bonds. The number of benzene rings is 1. The molecular formula is C11H14F2N2. The van der Waals surface area contributed by atoms with E-state index in [9.17, 15) is 8.78 Å². The molecule has 1 aliphatic heterocycles. The average molecular weight is 212 g/mol. The molecule has 1 aromatic carbocycles. The molecular weight excluding hydrogens is 198 g/mol. The largest absolute Gasteiger partial charge is 0.366 e. The molecule has 1 heterocycles. The van der Waals surface area contributed by atoms with Gasteiger partial charge in [0.2, 0.25) is 0 Å². The zero-order chi connectivity index (χ0) is 10.8. The highest BCUT2D eigenvalue weighted by Gasteiger charge is 2.18. The van der Waals surface area contributed by atoms with Gasteiger partial charge in [-0.2, -0.15) is 0 Å². The first kappa shape index (κ1) is 10.4. The number of hydrogen-bond donors (Lipinski definition) is 1. The van der Waals surface area contributed by atoms with Crippen LogP contribution in [0, 0.1) is 11.6 Å². The molecule has 1 atom stereocenters. The monoisotopic (exact) mass is 212 g/mol. The van der Waals surface area contributed by atoms with Crippen molar-refractivity contribution in [3.8, 4) is 0 Å². The fourth-order valence-corrected chi connectivity index (χ4v) is 1.89. The van der Waals surface area contributed by atoms with Gasteiger partial charge in [0.25, 0.3) is 0 Å². The van der Waals surface area contributed by atoms with Crippen LogP contribution in [-0.2, 0) is 0 Å². The van der Waals surface area contributed by atoms with Gasteiger partial charge in [-0.1, -0.05) is 0 Å². The minimum absolute atomic E-state index is 0.336. The summed E-state index contributed by atoms with van der Waals surface area (Å²) in [7, 11) is 0. The van der Waals surface area contributed by atoms with Crippen LogP contribution in [0.25, 0.3) is 0 Å². The minimum Gasteiger partial charge on any atom is -0.366 e. The summed E-state index contributed by atoms with van der Waals surface area (Å²) in [6, 6.07) is 4.07. The third-order valence-electron chi connectivity index (χ3n) is 2.62. The molecule has 2 nitrogen and oxygen atoms in total. The maximum absolute atomic E-state index is 13.5. The van der Waals surface area contributed by atoms with Crippen LogP contribution >= 0.6 is 0 Å². The Bertz CT molecular complexity index is 354. The maximum atomic E-state index is 13.5. The minimum atomic E-state index is -0.528. The number of nitrogens with one attached hydrogen (secondary N) is 1. The van der Waals surface area contributed by atoms with Crippen LogP contribution in [0.5, 0.6) is 0 Å². The second-order valence-electron chi connectivity index (χ2n) is 3.90. The lowest BCUT2D eigenvalue weighted by molar-refractivity contribution is 0.477. The highest BCUT2D eigenvalue weighted by Crippen LogP contribution is 2.21. The third-order valence-corrected chi connectivity index (χ3v) is 2.62. The molecule has 0 saturated carbocycles. The molecule has 1 saturated heterocycles. The number of piperazine rings is 1. The van der Waals surface area contributed by atoms with Crippen molar-refractivity contribution in [2.24, 2.45) is 0 Å². The van der Waals surface area contributed by atoms with E-state index in [4.69, 9.17) is 0 Å². The Morgan fingerprint density at radius 2 is 2.20 bits per heavy atom. The van der Waals surface area contributed by atoms with E-state index in [1.54, 1.807) is 0 Å². The molecule has 4 heteroatoms. The van der Waals surface area contributed by atoms with E-state index in [1.165, 1.54) is 12.1 Å². The van der Waals surface area contributed by atoms with Crippen molar-refractivity contribution >= 4 is 5.69 Å². The number of hydrogen-bond acceptors (Lipinski definition) is 2. The van der Waals surface area contributed by atoms with E-state index in [1.807, 2.05) is 11.8 Å². The van der Waals surface area contributed by atoms with Gasteiger partial charge >= 0.3 is 0 Å². The van der Waals surface area contributed by atoms with Crippen molar-refractivity contribution < 1.29 is 8.78 Å². The summed E-state index contributed by atoms with van der Waals surface area (Å²) in [4.78, 5) is 1.94. The van der Waals surface area contributed by atoms with Crippen LogP contribution in [0.1, 0.15) is 6.92 Å². The molecule has 0 aliphatic carbocycles. The van der Waals surface area contributed by atoms with E-state index in [-0.39, 0.29) is 0 Å². The van der Waals surface area contributed by atoms with Gasteiger partial charge in [0, 0.05) is 31.7 Å². The number of nitrogens with zero attached hydrogens (tertiary/aromatic N) is 1. The van der Waals surface area contributed by atoms with Crippen molar-refractivity contribution in [1.82, 2.24) is 5.32 Å². The lowest BCUT2D eigenvalue weighted by atomic mass is 10.2. The molecule has 1 aliphatic rings. The van der Waals surface area contributed by atoms with Crippen LogP contribution < -0.4 is 10.2 Å². The maximum Gasteiger partial charge on any atom is 0.149 e. The molecule has 1 fully saturated rings. The standard InChI is InChI=1S/C11H14F2N2/c1-8-7-15(5-4-14-8)11-3-2-9(12)6-10(11)13/h2-3,6,8,14H,4-5,7H2,1H3. The van der Waals surface area contributed by atoms with Crippen molar-refractivity contribution in [1.29, 1.82) is 0 Å². The van der Waals surface area contributed by atoms with Crippen molar-refractivity contribution in [3.63, 3.8) is 0 Å². The molecule has 0 radical (unpaired) electrons. The van der Waals surface area contributed by atoms with Gasteiger partial charge in [0.05, 0.1) is 5.69 Å². The highest BCUT2D eigenvalue weighted by atomic mass is 19.1. The van der Waals surface area contributed by atoms with Crippen molar-refractivity contribution in [2.45, 2.75) is 13.0 Å². The Hall–Kier alpha value is -1.16. The molecule has 1 aromatic rings. The average Bonchev–Trinajstić information content (AvgIpc) is 2.17. The lowest BCUT2D eigenvalue weighted by Crippen LogP contribution is -2.49. The van der Waals surface area contributed by atoms with Gasteiger partial charge in [-0.15, -0.1) is 0 Å². The summed E-state index contributed by atoms with van der Waals surface area (Å²) >= 11 is 0. The fourth-order valence-electron chi connectivity index (χ4n) is 1.89. The zero-order valence-corrected chi connectivity index (χ0v) is 8.63. The quantitative estimate of drug-likeness (QED) is 0.763. The van der Waals surface area contributed by atoms with Gasteiger partial charge < -0.3 is 10.2 Å². The smallest absolute Gasteiger partial charge is 0.149 e. The predicted octanol–water partition coefficient (Wildman–Crippen LogP) is 1.76. The summed E-state index contributed by atoms with van der Waals surface area (Å²) in [6.07, 6.45) is 0. The first-order valence-electron chi connectivity index (χ1n) is 5.10. The summed E-state index contributed by atoms with van der Waals surface area (Å²) in [6.45, 7) is 4.39. The van der Waals surface area contributed by atoms with Gasteiger partial charge in [-0.25, -0.2) is 8.78 Å². The van der Waals surface area contributed by atoms with E-state index in [2.05, 4.69) is 5.32 Å². The van der Waals surface area contributed by atoms with Crippen molar-refractivity contribution in [3.05, 3.63) is 29.8 Å². The fraction of sp³-hybridized carbons (Fsp3) is 0.455. The Morgan fingerprint density at radius 1 is 1.40 bits per heavy atom. The summed E-state index contributed by atoms with van der Waals surface area (Å²) < 4.78 is 26.2. The van der Waals surface area contributed by atoms with Crippen molar-refractivity contribution in [2.75, 3.05) is 24.5 Å². The Balaban J connectivity index is 2.21. The topological polar surface area (TPSA) is 15.3 Å². The van der Waals surface area contributed by atoms with E-state index < -0.39 is 11.6 Å². The summed E-state index contributed by atoms with van der Waals surface area (Å²) in [5.41, 5.74) is 0.491. The Morgan fingerprint density at radius 3 is 2.87 bits per heavy atom. The molecule has 0 spiro atoms. The molecule has 15 heavy (non-hydrogen) atoms. The second-order valence-corrected chi connectivity index (χ2v) is 3.90. The van der Waals surface area contributed by atoms with Gasteiger partial charge in [-0.3, -0.25) is 0 Å². The first-order chi connectivity index (χ1) is 7.16. The molecule has 82 valence electrons. The van der Waals surface area contributed by atoms with Gasteiger partial charge in [0.1, 0.15) is 11.6 Å². The molecule has 0 bridgehead atoms. The Kier molecular flexibility index (Phi) is 2.86. The summed E-state index contributed by atoms with van der Waals surface area (Å²) in [5.74, 6) is -1.01. The van der Waals surface area contributed by atoms with Crippen LogP contribution in [0.15, 0.2) is 18.2 Å². The molecule has 1 unspecified atom stereocenters. The normalized spacial score (nSPS) is 21.8. The predicted molar refractivity (Wildman–Crippen MR) is 56.0 cm³/mol. The number of anilines is 1.